The van der Waals surface area contributed by atoms with Gasteiger partial charge in [-0.15, -0.1) is 0 Å². The summed E-state index contributed by atoms with van der Waals surface area (Å²) in [7, 11) is 0. The quantitative estimate of drug-likeness (QED) is 0.531. The van der Waals surface area contributed by atoms with Gasteiger partial charge in [-0.2, -0.15) is 0 Å². The summed E-state index contributed by atoms with van der Waals surface area (Å²) in [4.78, 5) is 8.74. The van der Waals surface area contributed by atoms with Gasteiger partial charge in [0.05, 0.1) is 18.5 Å². The van der Waals surface area contributed by atoms with Crippen LogP contribution in [0.3, 0.4) is 0 Å². The summed E-state index contributed by atoms with van der Waals surface area (Å²) in [5, 5.41) is 32.7. The van der Waals surface area contributed by atoms with E-state index in [1.165, 1.54) is 0 Å². The van der Waals surface area contributed by atoms with Gasteiger partial charge in [0.2, 0.25) is 0 Å². The van der Waals surface area contributed by atoms with Crippen molar-refractivity contribution < 1.29 is 20.1 Å². The highest BCUT2D eigenvalue weighted by molar-refractivity contribution is 5.85. The number of benzene rings is 1. The SMILES string of the molecule is OC[C@H]1OC(n2cnc3c(NCc4ccccc4)nccc32)[C@@H](O)C1O. The Kier molecular flexibility index (Phi) is 4.56. The van der Waals surface area contributed by atoms with Crippen LogP contribution in [-0.2, 0) is 11.3 Å². The maximum absolute atomic E-state index is 10.2. The van der Waals surface area contributed by atoms with E-state index in [1.807, 2.05) is 30.3 Å². The Morgan fingerprint density at radius 1 is 1.08 bits per heavy atom. The highest BCUT2D eigenvalue weighted by atomic mass is 16.6. The van der Waals surface area contributed by atoms with Crippen LogP contribution in [-0.4, -0.2) is 54.8 Å². The van der Waals surface area contributed by atoms with Crippen LogP contribution >= 0.6 is 0 Å². The molecule has 1 aliphatic heterocycles. The molecular formula is C18H20N4O4. The molecule has 0 bridgehead atoms. The minimum Gasteiger partial charge on any atom is -0.394 e. The monoisotopic (exact) mass is 356 g/mol. The zero-order valence-electron chi connectivity index (χ0n) is 13.9. The molecule has 136 valence electrons. The highest BCUT2D eigenvalue weighted by Gasteiger charge is 2.43. The number of nitrogens with zero attached hydrogens (tertiary/aromatic N) is 3. The number of hydrogen-bond donors (Lipinski definition) is 4. The van der Waals surface area contributed by atoms with Crippen molar-refractivity contribution >= 4 is 16.9 Å². The maximum Gasteiger partial charge on any atom is 0.164 e. The molecule has 0 saturated carbocycles. The maximum atomic E-state index is 10.2. The molecule has 0 radical (unpaired) electrons. The van der Waals surface area contributed by atoms with Gasteiger partial charge >= 0.3 is 0 Å². The number of aliphatic hydroxyl groups is 3. The molecule has 1 aliphatic rings. The molecule has 8 heteroatoms. The highest BCUT2D eigenvalue weighted by Crippen LogP contribution is 2.32. The summed E-state index contributed by atoms with van der Waals surface area (Å²) in [6.07, 6.45) is -0.768. The minimum absolute atomic E-state index is 0.368. The van der Waals surface area contributed by atoms with E-state index in [-0.39, 0.29) is 6.61 Å². The van der Waals surface area contributed by atoms with E-state index >= 15 is 0 Å². The van der Waals surface area contributed by atoms with Gasteiger partial charge in [0.1, 0.15) is 23.8 Å². The summed E-state index contributed by atoms with van der Waals surface area (Å²) in [5.74, 6) is 0.622. The third-order valence-corrected chi connectivity index (χ3v) is 4.59. The van der Waals surface area contributed by atoms with Crippen molar-refractivity contribution in [3.8, 4) is 0 Å². The van der Waals surface area contributed by atoms with Crippen LogP contribution in [0.2, 0.25) is 0 Å². The van der Waals surface area contributed by atoms with Gasteiger partial charge in [-0.1, -0.05) is 30.3 Å². The van der Waals surface area contributed by atoms with Crippen LogP contribution in [0, 0.1) is 0 Å². The van der Waals surface area contributed by atoms with Crippen molar-refractivity contribution in [2.75, 3.05) is 11.9 Å². The van der Waals surface area contributed by atoms with Crippen molar-refractivity contribution in [1.29, 1.82) is 0 Å². The van der Waals surface area contributed by atoms with E-state index in [0.717, 1.165) is 5.56 Å². The number of aromatic nitrogens is 3. The summed E-state index contributed by atoms with van der Waals surface area (Å²) in [6, 6.07) is 11.7. The molecule has 4 atom stereocenters. The van der Waals surface area contributed by atoms with Gasteiger partial charge in [-0.25, -0.2) is 9.97 Å². The van der Waals surface area contributed by atoms with Gasteiger partial charge in [-0.05, 0) is 11.6 Å². The number of fused-ring (bicyclic) bond motifs is 1. The van der Waals surface area contributed by atoms with E-state index < -0.39 is 24.5 Å². The second kappa shape index (κ2) is 7.00. The van der Waals surface area contributed by atoms with Gasteiger partial charge in [0.15, 0.2) is 12.0 Å². The summed E-state index contributed by atoms with van der Waals surface area (Å²) in [6.45, 7) is 0.237. The number of anilines is 1. The van der Waals surface area contributed by atoms with Crippen LogP contribution in [0.5, 0.6) is 0 Å². The molecule has 3 aromatic rings. The van der Waals surface area contributed by atoms with Gasteiger partial charge in [0.25, 0.3) is 0 Å². The molecule has 0 spiro atoms. The predicted molar refractivity (Wildman–Crippen MR) is 94.3 cm³/mol. The lowest BCUT2D eigenvalue weighted by atomic mass is 10.1. The molecule has 0 aliphatic carbocycles. The Morgan fingerprint density at radius 2 is 1.88 bits per heavy atom. The Bertz CT molecular complexity index is 885. The lowest BCUT2D eigenvalue weighted by Gasteiger charge is -2.17. The first-order valence-electron chi connectivity index (χ1n) is 8.41. The average molecular weight is 356 g/mol. The molecule has 1 saturated heterocycles. The Labute approximate surface area is 149 Å². The van der Waals surface area contributed by atoms with Crippen LogP contribution in [0.25, 0.3) is 11.0 Å². The molecule has 3 heterocycles. The zero-order valence-corrected chi connectivity index (χ0v) is 13.9. The number of aliphatic hydroxyl groups excluding tert-OH is 3. The summed E-state index contributed by atoms with van der Waals surface area (Å²) in [5.41, 5.74) is 2.47. The molecule has 1 aromatic carbocycles. The predicted octanol–water partition coefficient (Wildman–Crippen LogP) is 0.655. The number of nitrogens with one attached hydrogen (secondary N) is 1. The van der Waals surface area contributed by atoms with E-state index in [2.05, 4.69) is 15.3 Å². The van der Waals surface area contributed by atoms with Crippen LogP contribution in [0.15, 0.2) is 48.9 Å². The number of rotatable bonds is 5. The first-order chi connectivity index (χ1) is 12.7. The number of imidazole rings is 1. The van der Waals surface area contributed by atoms with E-state index in [1.54, 1.807) is 23.2 Å². The molecular weight excluding hydrogens is 336 g/mol. The Balaban J connectivity index is 1.61. The summed E-state index contributed by atoms with van der Waals surface area (Å²) >= 11 is 0. The largest absolute Gasteiger partial charge is 0.394 e. The van der Waals surface area contributed by atoms with Gasteiger partial charge in [0, 0.05) is 12.7 Å². The zero-order chi connectivity index (χ0) is 18.1. The van der Waals surface area contributed by atoms with Crippen molar-refractivity contribution in [3.05, 3.63) is 54.5 Å². The molecule has 4 N–H and O–H groups in total. The molecule has 26 heavy (non-hydrogen) atoms. The molecule has 4 rings (SSSR count). The van der Waals surface area contributed by atoms with Gasteiger partial charge < -0.3 is 29.9 Å². The molecule has 2 unspecified atom stereocenters. The van der Waals surface area contributed by atoms with Crippen LogP contribution in [0.1, 0.15) is 11.8 Å². The fraction of sp³-hybridized carbons (Fsp3) is 0.333. The fourth-order valence-corrected chi connectivity index (χ4v) is 3.19. The first kappa shape index (κ1) is 16.9. The third-order valence-electron chi connectivity index (χ3n) is 4.59. The topological polar surface area (TPSA) is 113 Å². The lowest BCUT2D eigenvalue weighted by molar-refractivity contribution is -0.0508. The van der Waals surface area contributed by atoms with E-state index in [0.29, 0.717) is 23.4 Å². The van der Waals surface area contributed by atoms with Crippen molar-refractivity contribution in [2.45, 2.75) is 31.1 Å². The molecule has 8 nitrogen and oxygen atoms in total. The normalized spacial score (nSPS) is 25.7. The summed E-state index contributed by atoms with van der Waals surface area (Å²) < 4.78 is 7.24. The van der Waals surface area contributed by atoms with Crippen molar-refractivity contribution in [3.63, 3.8) is 0 Å². The fourth-order valence-electron chi connectivity index (χ4n) is 3.19. The second-order valence-corrected chi connectivity index (χ2v) is 6.25. The van der Waals surface area contributed by atoms with E-state index in [9.17, 15) is 15.3 Å². The van der Waals surface area contributed by atoms with Crippen molar-refractivity contribution in [2.24, 2.45) is 0 Å². The molecule has 0 amide bonds. The average Bonchev–Trinajstić information content (AvgIpc) is 3.23. The standard InChI is InChI=1S/C18H20N4O4/c23-9-13-15(24)16(25)18(26-13)22-10-21-14-12(22)6-7-19-17(14)20-8-11-4-2-1-3-5-11/h1-7,10,13,15-16,18,23-25H,8-9H2,(H,19,20)/t13-,15?,16+,18?/m1/s1. The first-order valence-corrected chi connectivity index (χ1v) is 8.41. The number of pyridine rings is 1. The van der Waals surface area contributed by atoms with Crippen LogP contribution in [0.4, 0.5) is 5.82 Å². The second-order valence-electron chi connectivity index (χ2n) is 6.25. The third kappa shape index (κ3) is 2.93. The molecule has 2 aromatic heterocycles. The smallest absolute Gasteiger partial charge is 0.164 e. The Morgan fingerprint density at radius 3 is 2.62 bits per heavy atom. The number of ether oxygens (including phenoxy) is 1. The Hall–Kier alpha value is -2.52. The van der Waals surface area contributed by atoms with Crippen molar-refractivity contribution in [1.82, 2.24) is 14.5 Å². The number of hydrogen-bond acceptors (Lipinski definition) is 7. The minimum atomic E-state index is -1.15. The van der Waals surface area contributed by atoms with E-state index in [4.69, 9.17) is 4.74 Å². The molecule has 1 fully saturated rings. The lowest BCUT2D eigenvalue weighted by Crippen LogP contribution is -2.33. The van der Waals surface area contributed by atoms with Gasteiger partial charge in [-0.3, -0.25) is 0 Å². The van der Waals surface area contributed by atoms with Crippen LogP contribution < -0.4 is 5.32 Å².